The highest BCUT2D eigenvalue weighted by Crippen LogP contribution is 2.26. The van der Waals surface area contributed by atoms with Crippen molar-refractivity contribution >= 4 is 44.8 Å². The first-order valence-corrected chi connectivity index (χ1v) is 10.4. The van der Waals surface area contributed by atoms with E-state index in [0.29, 0.717) is 18.9 Å². The second-order valence-corrected chi connectivity index (χ2v) is 8.67. The van der Waals surface area contributed by atoms with E-state index >= 15 is 0 Å². The zero-order chi connectivity index (χ0) is 20.3. The van der Waals surface area contributed by atoms with E-state index < -0.39 is 15.9 Å². The molecule has 0 radical (unpaired) electrons. The molecule has 1 aliphatic rings. The Morgan fingerprint density at radius 3 is 2.46 bits per heavy atom. The molecular weight excluding hydrogens is 425 g/mol. The molecule has 1 aliphatic heterocycles. The number of benzene rings is 2. The number of carbonyl (C=O) groups is 1. The Morgan fingerprint density at radius 2 is 1.82 bits per heavy atom. The summed E-state index contributed by atoms with van der Waals surface area (Å²) in [5.74, 6) is -0.593. The standard InChI is InChI=1S/C18H15Cl2N3O4S/c19-16-4-3-14(28(25,26)23-5-7-27-8-6-23)10-15(16)18(24)22-13-2-1-12(11-21)17(20)9-13/h1-4,9-10H,5-8H2,(H,22,24). The minimum absolute atomic E-state index is 0.0106. The largest absolute Gasteiger partial charge is 0.379 e. The summed E-state index contributed by atoms with van der Waals surface area (Å²) in [4.78, 5) is 12.6. The van der Waals surface area contributed by atoms with Gasteiger partial charge in [-0.15, -0.1) is 0 Å². The molecule has 0 unspecified atom stereocenters. The summed E-state index contributed by atoms with van der Waals surface area (Å²) < 4.78 is 32.1. The van der Waals surface area contributed by atoms with Gasteiger partial charge in [-0.05, 0) is 36.4 Å². The Labute approximate surface area is 172 Å². The molecule has 0 atom stereocenters. The average Bonchev–Trinajstić information content (AvgIpc) is 2.69. The molecule has 0 bridgehead atoms. The number of rotatable bonds is 4. The van der Waals surface area contributed by atoms with Crippen LogP contribution in [0.5, 0.6) is 0 Å². The van der Waals surface area contributed by atoms with Crippen molar-refractivity contribution in [3.63, 3.8) is 0 Å². The SMILES string of the molecule is N#Cc1ccc(NC(=O)c2cc(S(=O)(=O)N3CCOCC3)ccc2Cl)cc1Cl. The summed E-state index contributed by atoms with van der Waals surface area (Å²) in [5, 5.41) is 11.8. The van der Waals surface area contributed by atoms with Crippen LogP contribution in [-0.2, 0) is 14.8 Å². The summed E-state index contributed by atoms with van der Waals surface area (Å²) in [6.45, 7) is 1.13. The normalized spacial score (nSPS) is 15.0. The quantitative estimate of drug-likeness (QED) is 0.788. The van der Waals surface area contributed by atoms with Crippen LogP contribution >= 0.6 is 23.2 Å². The van der Waals surface area contributed by atoms with Gasteiger partial charge in [-0.1, -0.05) is 23.2 Å². The summed E-state index contributed by atoms with van der Waals surface area (Å²) in [7, 11) is -3.77. The van der Waals surface area contributed by atoms with Gasteiger partial charge in [0, 0.05) is 18.8 Å². The lowest BCUT2D eigenvalue weighted by atomic mass is 10.2. The summed E-state index contributed by atoms with van der Waals surface area (Å²) in [6.07, 6.45) is 0. The molecule has 1 saturated heterocycles. The first-order valence-electron chi connectivity index (χ1n) is 8.21. The van der Waals surface area contributed by atoms with E-state index in [2.05, 4.69) is 5.32 Å². The van der Waals surface area contributed by atoms with E-state index in [9.17, 15) is 13.2 Å². The molecule has 28 heavy (non-hydrogen) atoms. The minimum atomic E-state index is -3.77. The molecule has 0 saturated carbocycles. The van der Waals surface area contributed by atoms with E-state index in [-0.39, 0.29) is 39.2 Å². The van der Waals surface area contributed by atoms with Crippen molar-refractivity contribution in [2.75, 3.05) is 31.6 Å². The first kappa shape index (κ1) is 20.6. The zero-order valence-corrected chi connectivity index (χ0v) is 16.8. The van der Waals surface area contributed by atoms with Crippen LogP contribution < -0.4 is 5.32 Å². The van der Waals surface area contributed by atoms with Crippen LogP contribution in [0.2, 0.25) is 10.0 Å². The number of halogens is 2. The Kier molecular flexibility index (Phi) is 6.23. The monoisotopic (exact) mass is 439 g/mol. The van der Waals surface area contributed by atoms with Gasteiger partial charge in [-0.25, -0.2) is 8.42 Å². The minimum Gasteiger partial charge on any atom is -0.379 e. The van der Waals surface area contributed by atoms with Crippen molar-refractivity contribution < 1.29 is 17.9 Å². The van der Waals surface area contributed by atoms with Gasteiger partial charge in [-0.2, -0.15) is 9.57 Å². The summed E-state index contributed by atoms with van der Waals surface area (Å²) in [6, 6.07) is 10.3. The molecule has 1 heterocycles. The van der Waals surface area contributed by atoms with Gasteiger partial charge in [0.1, 0.15) is 6.07 Å². The van der Waals surface area contributed by atoms with Crippen LogP contribution in [0.1, 0.15) is 15.9 Å². The van der Waals surface area contributed by atoms with Gasteiger partial charge in [0.2, 0.25) is 10.0 Å². The van der Waals surface area contributed by atoms with E-state index in [1.165, 1.54) is 40.7 Å². The van der Waals surface area contributed by atoms with Crippen molar-refractivity contribution in [2.45, 2.75) is 4.90 Å². The number of nitriles is 1. The van der Waals surface area contributed by atoms with Crippen LogP contribution in [0.4, 0.5) is 5.69 Å². The third-order valence-electron chi connectivity index (χ3n) is 4.14. The van der Waals surface area contributed by atoms with E-state index in [0.717, 1.165) is 0 Å². The number of nitrogens with one attached hydrogen (secondary N) is 1. The van der Waals surface area contributed by atoms with Crippen LogP contribution in [-0.4, -0.2) is 44.9 Å². The van der Waals surface area contributed by atoms with Crippen LogP contribution in [0.15, 0.2) is 41.3 Å². The van der Waals surface area contributed by atoms with E-state index in [4.69, 9.17) is 33.2 Å². The summed E-state index contributed by atoms with van der Waals surface area (Å²) in [5.41, 5.74) is 0.638. The molecule has 1 N–H and O–H groups in total. The van der Waals surface area contributed by atoms with Crippen LogP contribution in [0.3, 0.4) is 0 Å². The van der Waals surface area contributed by atoms with E-state index in [1.54, 1.807) is 0 Å². The number of hydrogen-bond acceptors (Lipinski definition) is 5. The number of sulfonamides is 1. The molecule has 0 spiro atoms. The fourth-order valence-corrected chi connectivity index (χ4v) is 4.52. The smallest absolute Gasteiger partial charge is 0.257 e. The maximum Gasteiger partial charge on any atom is 0.257 e. The molecule has 2 aromatic carbocycles. The number of anilines is 1. The van der Waals surface area contributed by atoms with Crippen LogP contribution in [0.25, 0.3) is 0 Å². The van der Waals surface area contributed by atoms with Crippen molar-refractivity contribution in [1.29, 1.82) is 5.26 Å². The predicted octanol–water partition coefficient (Wildman–Crippen LogP) is 3.14. The number of hydrogen-bond donors (Lipinski definition) is 1. The van der Waals surface area contributed by atoms with Gasteiger partial charge in [0.15, 0.2) is 0 Å². The number of ether oxygens (including phenoxy) is 1. The highest BCUT2D eigenvalue weighted by molar-refractivity contribution is 7.89. The second-order valence-electron chi connectivity index (χ2n) is 5.92. The molecule has 10 heteroatoms. The maximum atomic E-state index is 12.8. The first-order chi connectivity index (χ1) is 13.3. The number of morpholine rings is 1. The molecule has 3 rings (SSSR count). The van der Waals surface area contributed by atoms with Crippen molar-refractivity contribution in [1.82, 2.24) is 4.31 Å². The lowest BCUT2D eigenvalue weighted by molar-refractivity contribution is 0.0730. The van der Waals surface area contributed by atoms with Crippen LogP contribution in [0, 0.1) is 11.3 Å². The lowest BCUT2D eigenvalue weighted by Crippen LogP contribution is -2.40. The number of carbonyl (C=O) groups excluding carboxylic acids is 1. The van der Waals surface area contributed by atoms with Gasteiger partial charge in [0.25, 0.3) is 5.91 Å². The third-order valence-corrected chi connectivity index (χ3v) is 6.67. The highest BCUT2D eigenvalue weighted by Gasteiger charge is 2.27. The molecule has 146 valence electrons. The highest BCUT2D eigenvalue weighted by atomic mass is 35.5. The van der Waals surface area contributed by atoms with Crippen molar-refractivity contribution in [3.8, 4) is 6.07 Å². The fourth-order valence-electron chi connectivity index (χ4n) is 2.66. The lowest BCUT2D eigenvalue weighted by Gasteiger charge is -2.26. The molecule has 2 aromatic rings. The second kappa shape index (κ2) is 8.47. The Hall–Kier alpha value is -2.15. The van der Waals surface area contributed by atoms with Gasteiger partial charge in [0.05, 0.1) is 39.3 Å². The molecule has 0 aliphatic carbocycles. The zero-order valence-electron chi connectivity index (χ0n) is 14.5. The number of amides is 1. The Balaban J connectivity index is 1.88. The number of nitrogens with zero attached hydrogens (tertiary/aromatic N) is 2. The topological polar surface area (TPSA) is 99.5 Å². The van der Waals surface area contributed by atoms with Crippen molar-refractivity contribution in [3.05, 3.63) is 57.6 Å². The molecular formula is C18H15Cl2N3O4S. The van der Waals surface area contributed by atoms with Gasteiger partial charge >= 0.3 is 0 Å². The molecule has 7 nitrogen and oxygen atoms in total. The molecule has 1 fully saturated rings. The average molecular weight is 440 g/mol. The Morgan fingerprint density at radius 1 is 1.11 bits per heavy atom. The molecule has 1 amide bonds. The van der Waals surface area contributed by atoms with Gasteiger partial charge < -0.3 is 10.1 Å². The van der Waals surface area contributed by atoms with E-state index in [1.807, 2.05) is 6.07 Å². The fraction of sp³-hybridized carbons (Fsp3) is 0.222. The maximum absolute atomic E-state index is 12.8. The van der Waals surface area contributed by atoms with Gasteiger partial charge in [-0.3, -0.25) is 4.79 Å². The van der Waals surface area contributed by atoms with Crippen molar-refractivity contribution in [2.24, 2.45) is 0 Å². The predicted molar refractivity (Wildman–Crippen MR) is 105 cm³/mol. The third kappa shape index (κ3) is 4.29. The molecule has 0 aromatic heterocycles. The Bertz CT molecular complexity index is 1060. The summed E-state index contributed by atoms with van der Waals surface area (Å²) >= 11 is 12.1.